The largest absolute Gasteiger partial charge is 0.378 e. The number of aromatic nitrogens is 1. The van der Waals surface area contributed by atoms with Crippen molar-refractivity contribution >= 4 is 10.0 Å². The molecule has 1 aliphatic heterocycles. The average Bonchev–Trinajstić information content (AvgIpc) is 2.45. The normalized spacial score (nSPS) is 20.2. The van der Waals surface area contributed by atoms with E-state index in [0.717, 1.165) is 0 Å². The molecule has 6 nitrogen and oxygen atoms in total. The third-order valence-corrected chi connectivity index (χ3v) is 4.94. The molecule has 1 atom stereocenters. The Morgan fingerprint density at radius 1 is 1.55 bits per heavy atom. The highest BCUT2D eigenvalue weighted by Gasteiger charge is 2.31. The number of rotatable bonds is 2. The van der Waals surface area contributed by atoms with Crippen molar-refractivity contribution in [2.24, 2.45) is 5.73 Å². The van der Waals surface area contributed by atoms with E-state index in [1.54, 1.807) is 0 Å². The van der Waals surface area contributed by atoms with Crippen molar-refractivity contribution < 1.29 is 13.2 Å². The molecule has 0 bridgehead atoms. The molecule has 0 spiro atoms. The number of hydrogen-bond donors (Lipinski definition) is 1. The number of nitrogens with zero attached hydrogens (tertiary/aromatic N) is 2. The van der Waals surface area contributed by atoms with E-state index < -0.39 is 10.0 Å². The minimum Gasteiger partial charge on any atom is -0.378 e. The van der Waals surface area contributed by atoms with Crippen LogP contribution in [0.2, 0.25) is 0 Å². The molecule has 1 fully saturated rings. The molecule has 1 saturated heterocycles. The van der Waals surface area contributed by atoms with Gasteiger partial charge in [-0.3, -0.25) is 4.98 Å². The van der Waals surface area contributed by atoms with Crippen molar-refractivity contribution in [2.75, 3.05) is 26.3 Å². The fraction of sp³-hybridized carbons (Fsp3) is 0.462. The Labute approximate surface area is 119 Å². The van der Waals surface area contributed by atoms with Crippen molar-refractivity contribution in [1.29, 1.82) is 0 Å². The summed E-state index contributed by atoms with van der Waals surface area (Å²) >= 11 is 0. The molecule has 1 aromatic rings. The van der Waals surface area contributed by atoms with Gasteiger partial charge in [-0.25, -0.2) is 8.42 Å². The summed E-state index contributed by atoms with van der Waals surface area (Å²) in [6, 6.07) is 1.33. The van der Waals surface area contributed by atoms with Crippen LogP contribution in [0.25, 0.3) is 0 Å². The lowest BCUT2D eigenvalue weighted by molar-refractivity contribution is 0.0392. The van der Waals surface area contributed by atoms with E-state index in [1.165, 1.54) is 22.8 Å². The van der Waals surface area contributed by atoms with Crippen LogP contribution < -0.4 is 5.73 Å². The maximum Gasteiger partial charge on any atom is 0.245 e. The first-order valence-corrected chi connectivity index (χ1v) is 7.73. The van der Waals surface area contributed by atoms with Crippen LogP contribution >= 0.6 is 0 Å². The molecule has 1 aromatic heterocycles. The summed E-state index contributed by atoms with van der Waals surface area (Å²) in [6.07, 6.45) is 2.86. The van der Waals surface area contributed by atoms with Gasteiger partial charge in [-0.15, -0.1) is 0 Å². The van der Waals surface area contributed by atoms with Gasteiger partial charge >= 0.3 is 0 Å². The molecular weight excluding hydrogens is 278 g/mol. The molecule has 2 N–H and O–H groups in total. The van der Waals surface area contributed by atoms with Gasteiger partial charge in [0.2, 0.25) is 10.0 Å². The predicted octanol–water partition coefficient (Wildman–Crippen LogP) is -0.199. The van der Waals surface area contributed by atoms with Gasteiger partial charge in [0.15, 0.2) is 0 Å². The highest BCUT2D eigenvalue weighted by molar-refractivity contribution is 7.89. The molecule has 0 radical (unpaired) electrons. The second-order valence-electron chi connectivity index (χ2n) is 4.45. The monoisotopic (exact) mass is 295 g/mol. The molecular formula is C13H17N3O3S. The quantitative estimate of drug-likeness (QED) is 0.764. The van der Waals surface area contributed by atoms with Crippen LogP contribution in [-0.4, -0.2) is 50.1 Å². The first-order chi connectivity index (χ1) is 9.55. The Balaban J connectivity index is 2.34. The van der Waals surface area contributed by atoms with Crippen LogP contribution in [0.5, 0.6) is 0 Å². The van der Waals surface area contributed by atoms with Crippen LogP contribution in [0.1, 0.15) is 12.5 Å². The van der Waals surface area contributed by atoms with E-state index in [4.69, 9.17) is 10.5 Å². The van der Waals surface area contributed by atoms with Crippen LogP contribution in [0, 0.1) is 11.8 Å². The van der Waals surface area contributed by atoms with Gasteiger partial charge in [0.25, 0.3) is 0 Å². The minimum atomic E-state index is -3.57. The van der Waals surface area contributed by atoms with Gasteiger partial charge in [0.05, 0.1) is 19.8 Å². The molecule has 1 aliphatic rings. The number of hydrogen-bond acceptors (Lipinski definition) is 5. The minimum absolute atomic E-state index is 0.148. The van der Waals surface area contributed by atoms with Gasteiger partial charge < -0.3 is 10.5 Å². The molecule has 1 unspecified atom stereocenters. The number of morpholine rings is 1. The van der Waals surface area contributed by atoms with Crippen LogP contribution in [-0.2, 0) is 14.8 Å². The molecule has 108 valence electrons. The molecule has 20 heavy (non-hydrogen) atoms. The van der Waals surface area contributed by atoms with Crippen molar-refractivity contribution in [3.05, 3.63) is 24.0 Å². The summed E-state index contributed by atoms with van der Waals surface area (Å²) in [6.45, 7) is 3.20. The third-order valence-electron chi connectivity index (χ3n) is 2.96. The van der Waals surface area contributed by atoms with E-state index >= 15 is 0 Å². The first kappa shape index (κ1) is 14.9. The summed E-state index contributed by atoms with van der Waals surface area (Å²) in [5.41, 5.74) is 5.84. The summed E-state index contributed by atoms with van der Waals surface area (Å²) < 4.78 is 31.9. The van der Waals surface area contributed by atoms with Crippen molar-refractivity contribution in [3.8, 4) is 11.8 Å². The lowest BCUT2D eigenvalue weighted by Crippen LogP contribution is -2.46. The third kappa shape index (κ3) is 3.16. The highest BCUT2D eigenvalue weighted by Crippen LogP contribution is 2.20. The van der Waals surface area contributed by atoms with Gasteiger partial charge in [-0.05, 0) is 13.0 Å². The number of nitrogens with two attached hydrogens (primary N) is 1. The Bertz CT molecular complexity index is 634. The van der Waals surface area contributed by atoms with Crippen molar-refractivity contribution in [3.63, 3.8) is 0 Å². The molecule has 7 heteroatoms. The number of sulfonamides is 1. The van der Waals surface area contributed by atoms with Crippen LogP contribution in [0.15, 0.2) is 23.4 Å². The second kappa shape index (κ2) is 6.33. The van der Waals surface area contributed by atoms with Gasteiger partial charge in [0, 0.05) is 30.5 Å². The zero-order valence-corrected chi connectivity index (χ0v) is 12.1. The van der Waals surface area contributed by atoms with Gasteiger partial charge in [-0.2, -0.15) is 4.31 Å². The fourth-order valence-electron chi connectivity index (χ4n) is 1.99. The fourth-order valence-corrected chi connectivity index (χ4v) is 3.58. The van der Waals surface area contributed by atoms with E-state index in [-0.39, 0.29) is 17.5 Å². The molecule has 0 saturated carbocycles. The Hall–Kier alpha value is -1.46. The number of ether oxygens (including phenoxy) is 1. The highest BCUT2D eigenvalue weighted by atomic mass is 32.2. The van der Waals surface area contributed by atoms with Gasteiger partial charge in [0.1, 0.15) is 4.90 Å². The van der Waals surface area contributed by atoms with Gasteiger partial charge in [-0.1, -0.05) is 11.8 Å². The maximum atomic E-state index is 12.6. The first-order valence-electron chi connectivity index (χ1n) is 6.29. The van der Waals surface area contributed by atoms with Crippen LogP contribution in [0.3, 0.4) is 0 Å². The summed E-state index contributed by atoms with van der Waals surface area (Å²) in [5, 5.41) is 0. The summed E-state index contributed by atoms with van der Waals surface area (Å²) in [5.74, 6) is 5.47. The standard InChI is InChI=1S/C13H17N3O3S/c1-11-10-19-6-5-16(11)20(17,18)13-7-12(3-2-4-14)8-15-9-13/h7-9,11H,4-6,10,14H2,1H3. The smallest absolute Gasteiger partial charge is 0.245 e. The average molecular weight is 295 g/mol. The SMILES string of the molecule is CC1COCCN1S(=O)(=O)c1cncc(C#CCN)c1. The second-order valence-corrected chi connectivity index (χ2v) is 6.35. The molecule has 0 amide bonds. The zero-order valence-electron chi connectivity index (χ0n) is 11.2. The molecule has 2 heterocycles. The van der Waals surface area contributed by atoms with E-state index in [2.05, 4.69) is 16.8 Å². The number of pyridine rings is 1. The summed E-state index contributed by atoms with van der Waals surface area (Å²) in [7, 11) is -3.57. The van der Waals surface area contributed by atoms with Crippen molar-refractivity contribution in [2.45, 2.75) is 17.9 Å². The van der Waals surface area contributed by atoms with Crippen LogP contribution in [0.4, 0.5) is 0 Å². The predicted molar refractivity (Wildman–Crippen MR) is 74.3 cm³/mol. The lowest BCUT2D eigenvalue weighted by atomic mass is 10.3. The zero-order chi connectivity index (χ0) is 14.6. The topological polar surface area (TPSA) is 85.5 Å². The Morgan fingerprint density at radius 2 is 2.35 bits per heavy atom. The molecule has 0 aliphatic carbocycles. The molecule has 0 aromatic carbocycles. The van der Waals surface area contributed by atoms with E-state index in [9.17, 15) is 8.42 Å². The lowest BCUT2D eigenvalue weighted by Gasteiger charge is -2.32. The van der Waals surface area contributed by atoms with Crippen molar-refractivity contribution in [1.82, 2.24) is 9.29 Å². The Kier molecular flexibility index (Phi) is 4.73. The maximum absolute atomic E-state index is 12.6. The van der Waals surface area contributed by atoms with E-state index in [0.29, 0.717) is 25.3 Å². The summed E-state index contributed by atoms with van der Waals surface area (Å²) in [4.78, 5) is 4.09. The molecule has 2 rings (SSSR count). The van der Waals surface area contributed by atoms with E-state index in [1.807, 2.05) is 6.92 Å². The Morgan fingerprint density at radius 3 is 3.05 bits per heavy atom.